The van der Waals surface area contributed by atoms with E-state index in [1.165, 1.54) is 22.3 Å². The number of nitrogens with one attached hydrogen (secondary N) is 1. The van der Waals surface area contributed by atoms with Crippen LogP contribution in [-0.2, 0) is 6.42 Å². The summed E-state index contributed by atoms with van der Waals surface area (Å²) in [6.07, 6.45) is 1.29. The van der Waals surface area contributed by atoms with E-state index in [0.29, 0.717) is 0 Å². The average Bonchev–Trinajstić information content (AvgIpc) is 2.81. The van der Waals surface area contributed by atoms with Crippen molar-refractivity contribution in [2.75, 3.05) is 7.05 Å². The van der Waals surface area contributed by atoms with Crippen LogP contribution in [0.4, 0.5) is 0 Å². The molecule has 0 saturated heterocycles. The first-order valence-electron chi connectivity index (χ1n) is 7.31. The van der Waals surface area contributed by atoms with Gasteiger partial charge in [-0.15, -0.1) is 0 Å². The fourth-order valence-electron chi connectivity index (χ4n) is 3.09. The van der Waals surface area contributed by atoms with Crippen molar-refractivity contribution in [1.29, 1.82) is 0 Å². The van der Waals surface area contributed by atoms with Gasteiger partial charge in [0.15, 0.2) is 0 Å². The van der Waals surface area contributed by atoms with E-state index in [0.717, 1.165) is 16.6 Å². The molecule has 0 aromatic heterocycles. The first-order chi connectivity index (χ1) is 10.1. The quantitative estimate of drug-likeness (QED) is 0.890. The van der Waals surface area contributed by atoms with Crippen molar-refractivity contribution >= 4 is 15.9 Å². The number of benzene rings is 2. The van der Waals surface area contributed by atoms with Gasteiger partial charge >= 0.3 is 0 Å². The Kier molecular flexibility index (Phi) is 4.05. The van der Waals surface area contributed by atoms with Crippen molar-refractivity contribution in [3.05, 3.63) is 63.1 Å². The maximum atomic E-state index is 5.79. The Labute approximate surface area is 134 Å². The van der Waals surface area contributed by atoms with E-state index in [-0.39, 0.29) is 12.1 Å². The molecule has 2 atom stereocenters. The maximum Gasteiger partial charge on any atom is 0.123 e. The molecule has 21 heavy (non-hydrogen) atoms. The van der Waals surface area contributed by atoms with E-state index in [4.69, 9.17) is 4.74 Å². The number of aryl methyl sites for hydroxylation is 1. The molecule has 1 N–H and O–H groups in total. The number of halogens is 1. The highest BCUT2D eigenvalue weighted by Crippen LogP contribution is 2.33. The van der Waals surface area contributed by atoms with Gasteiger partial charge in [-0.2, -0.15) is 0 Å². The van der Waals surface area contributed by atoms with Crippen LogP contribution in [0, 0.1) is 6.92 Å². The number of rotatable bonds is 3. The number of hydrogen-bond acceptors (Lipinski definition) is 2. The summed E-state index contributed by atoms with van der Waals surface area (Å²) in [5.41, 5.74) is 5.20. The summed E-state index contributed by atoms with van der Waals surface area (Å²) in [7, 11) is 2.01. The maximum absolute atomic E-state index is 5.79. The molecule has 1 aliphatic rings. The summed E-state index contributed by atoms with van der Waals surface area (Å²) >= 11 is 3.53. The predicted octanol–water partition coefficient (Wildman–Crippen LogP) is 4.39. The SMILES string of the molecule is CNC(c1ccc2c(c1)CC(C)O2)c1ccc(Br)cc1C. The predicted molar refractivity (Wildman–Crippen MR) is 90.0 cm³/mol. The third-order valence-electron chi connectivity index (χ3n) is 4.08. The second kappa shape index (κ2) is 5.82. The third kappa shape index (κ3) is 2.85. The van der Waals surface area contributed by atoms with Crippen LogP contribution in [0.2, 0.25) is 0 Å². The highest BCUT2D eigenvalue weighted by Gasteiger charge is 2.21. The summed E-state index contributed by atoms with van der Waals surface area (Å²) in [5, 5.41) is 3.44. The topological polar surface area (TPSA) is 21.3 Å². The molecule has 1 aliphatic heterocycles. The lowest BCUT2D eigenvalue weighted by Crippen LogP contribution is -2.18. The first kappa shape index (κ1) is 14.6. The summed E-state index contributed by atoms with van der Waals surface area (Å²) in [4.78, 5) is 0. The van der Waals surface area contributed by atoms with Gasteiger partial charge in [-0.3, -0.25) is 0 Å². The number of fused-ring (bicyclic) bond motifs is 1. The highest BCUT2D eigenvalue weighted by molar-refractivity contribution is 9.10. The molecule has 3 rings (SSSR count). The molecule has 0 saturated carbocycles. The molecule has 2 unspecified atom stereocenters. The van der Waals surface area contributed by atoms with Gasteiger partial charge in [0, 0.05) is 10.9 Å². The Morgan fingerprint density at radius 1 is 1.24 bits per heavy atom. The molecule has 0 spiro atoms. The lowest BCUT2D eigenvalue weighted by molar-refractivity contribution is 0.254. The van der Waals surface area contributed by atoms with Crippen molar-refractivity contribution in [3.8, 4) is 5.75 Å². The van der Waals surface area contributed by atoms with Gasteiger partial charge in [-0.25, -0.2) is 0 Å². The van der Waals surface area contributed by atoms with Gasteiger partial charge < -0.3 is 10.1 Å². The summed E-state index contributed by atoms with van der Waals surface area (Å²) in [5.74, 6) is 1.04. The van der Waals surface area contributed by atoms with Crippen molar-refractivity contribution in [3.63, 3.8) is 0 Å². The fraction of sp³-hybridized carbons (Fsp3) is 0.333. The summed E-state index contributed by atoms with van der Waals surface area (Å²) < 4.78 is 6.91. The zero-order chi connectivity index (χ0) is 15.0. The second-order valence-corrected chi connectivity index (χ2v) is 6.64. The summed E-state index contributed by atoms with van der Waals surface area (Å²) in [6, 6.07) is 13.2. The molecule has 1 heterocycles. The Bertz CT molecular complexity index is 668. The van der Waals surface area contributed by atoms with E-state index in [1.807, 2.05) is 7.05 Å². The van der Waals surface area contributed by atoms with E-state index in [9.17, 15) is 0 Å². The Balaban J connectivity index is 1.99. The van der Waals surface area contributed by atoms with Crippen molar-refractivity contribution < 1.29 is 4.74 Å². The lowest BCUT2D eigenvalue weighted by atomic mass is 9.93. The number of ether oxygens (including phenoxy) is 1. The van der Waals surface area contributed by atoms with Crippen LogP contribution >= 0.6 is 15.9 Å². The molecule has 0 bridgehead atoms. The third-order valence-corrected chi connectivity index (χ3v) is 4.58. The van der Waals surface area contributed by atoms with E-state index in [2.05, 4.69) is 71.5 Å². The van der Waals surface area contributed by atoms with Crippen LogP contribution in [0.5, 0.6) is 5.75 Å². The minimum absolute atomic E-state index is 0.208. The molecule has 0 aliphatic carbocycles. The molecular weight excluding hydrogens is 326 g/mol. The zero-order valence-electron chi connectivity index (χ0n) is 12.6. The normalized spacial score (nSPS) is 18.2. The molecule has 0 radical (unpaired) electrons. The molecule has 0 amide bonds. The van der Waals surface area contributed by atoms with Crippen LogP contribution in [0.25, 0.3) is 0 Å². The summed E-state index contributed by atoms with van der Waals surface area (Å²) in [6.45, 7) is 4.27. The minimum atomic E-state index is 0.208. The minimum Gasteiger partial charge on any atom is -0.490 e. The molecule has 110 valence electrons. The van der Waals surface area contributed by atoms with E-state index in [1.54, 1.807) is 0 Å². The largest absolute Gasteiger partial charge is 0.490 e. The monoisotopic (exact) mass is 345 g/mol. The molecule has 2 aromatic carbocycles. The van der Waals surface area contributed by atoms with Gasteiger partial charge in [-0.05, 0) is 61.3 Å². The molecule has 2 nitrogen and oxygen atoms in total. The van der Waals surface area contributed by atoms with E-state index >= 15 is 0 Å². The molecule has 3 heteroatoms. The van der Waals surface area contributed by atoms with Crippen molar-refractivity contribution in [2.24, 2.45) is 0 Å². The van der Waals surface area contributed by atoms with Gasteiger partial charge in [0.05, 0.1) is 6.04 Å². The van der Waals surface area contributed by atoms with E-state index < -0.39 is 0 Å². The molecule has 2 aromatic rings. The highest BCUT2D eigenvalue weighted by atomic mass is 79.9. The standard InChI is InChI=1S/C18H20BrNO/c1-11-8-15(19)5-6-16(11)18(20-3)13-4-7-17-14(10-13)9-12(2)21-17/h4-8,10,12,18,20H,9H2,1-3H3. The lowest BCUT2D eigenvalue weighted by Gasteiger charge is -2.20. The van der Waals surface area contributed by atoms with Crippen LogP contribution in [-0.4, -0.2) is 13.2 Å². The van der Waals surface area contributed by atoms with Gasteiger partial charge in [0.1, 0.15) is 11.9 Å². The zero-order valence-corrected chi connectivity index (χ0v) is 14.2. The molecule has 0 fully saturated rings. The van der Waals surface area contributed by atoms with Crippen LogP contribution < -0.4 is 10.1 Å². The van der Waals surface area contributed by atoms with Gasteiger partial charge in [0.25, 0.3) is 0 Å². The van der Waals surface area contributed by atoms with Crippen molar-refractivity contribution in [2.45, 2.75) is 32.4 Å². The van der Waals surface area contributed by atoms with Gasteiger partial charge in [-0.1, -0.05) is 34.1 Å². The number of hydrogen-bond donors (Lipinski definition) is 1. The van der Waals surface area contributed by atoms with Crippen LogP contribution in [0.15, 0.2) is 40.9 Å². The Morgan fingerprint density at radius 3 is 2.76 bits per heavy atom. The van der Waals surface area contributed by atoms with Gasteiger partial charge in [0.2, 0.25) is 0 Å². The van der Waals surface area contributed by atoms with Crippen LogP contribution in [0.3, 0.4) is 0 Å². The Hall–Kier alpha value is -1.32. The smallest absolute Gasteiger partial charge is 0.123 e. The first-order valence-corrected chi connectivity index (χ1v) is 8.10. The second-order valence-electron chi connectivity index (χ2n) is 5.72. The fourth-order valence-corrected chi connectivity index (χ4v) is 3.56. The van der Waals surface area contributed by atoms with Crippen LogP contribution in [0.1, 0.15) is 35.2 Å². The molecular formula is C18H20BrNO. The average molecular weight is 346 g/mol. The van der Waals surface area contributed by atoms with Crippen molar-refractivity contribution in [1.82, 2.24) is 5.32 Å². The Morgan fingerprint density at radius 2 is 2.05 bits per heavy atom.